The fourth-order valence-corrected chi connectivity index (χ4v) is 4.46. The van der Waals surface area contributed by atoms with Crippen molar-refractivity contribution in [3.8, 4) is 0 Å². The summed E-state index contributed by atoms with van der Waals surface area (Å²) in [7, 11) is 0. The molecule has 6 nitrogen and oxygen atoms in total. The maximum absolute atomic E-state index is 12.7. The quantitative estimate of drug-likeness (QED) is 0.710. The van der Waals surface area contributed by atoms with Gasteiger partial charge in [0.25, 0.3) is 0 Å². The summed E-state index contributed by atoms with van der Waals surface area (Å²) >= 11 is 3.50. The van der Waals surface area contributed by atoms with Crippen molar-refractivity contribution in [2.45, 2.75) is 38.3 Å². The van der Waals surface area contributed by atoms with Crippen molar-refractivity contribution in [3.63, 3.8) is 0 Å². The van der Waals surface area contributed by atoms with E-state index < -0.39 is 0 Å². The summed E-state index contributed by atoms with van der Waals surface area (Å²) in [5.41, 5.74) is 2.09. The third-order valence-electron chi connectivity index (χ3n) is 5.76. The van der Waals surface area contributed by atoms with Gasteiger partial charge in [-0.2, -0.15) is 0 Å². The number of ether oxygens (including phenoxy) is 1. The standard InChI is InChI=1S/C23H29BrN4O2/c24-20-7-5-6-19(14-20)21-17-28(12-13-30-21)23(29)26-16-18-8-9-22(25-15-18)27-10-3-1-2-4-11-27/h5-9,14-15,21H,1-4,10-13,16-17H2,(H,26,29). The van der Waals surface area contributed by atoms with E-state index in [-0.39, 0.29) is 12.1 Å². The second-order valence-electron chi connectivity index (χ2n) is 7.95. The van der Waals surface area contributed by atoms with Gasteiger partial charge in [0.05, 0.1) is 13.2 Å². The zero-order chi connectivity index (χ0) is 20.8. The molecule has 30 heavy (non-hydrogen) atoms. The Bertz CT molecular complexity index is 837. The molecule has 2 aliphatic heterocycles. The minimum atomic E-state index is -0.100. The molecule has 2 amide bonds. The van der Waals surface area contributed by atoms with Crippen molar-refractivity contribution in [3.05, 3.63) is 58.2 Å². The van der Waals surface area contributed by atoms with Gasteiger partial charge in [-0.05, 0) is 42.2 Å². The summed E-state index contributed by atoms with van der Waals surface area (Å²) in [6.45, 7) is 4.33. The number of urea groups is 1. The van der Waals surface area contributed by atoms with Gasteiger partial charge in [0.1, 0.15) is 11.9 Å². The molecule has 1 aromatic carbocycles. The zero-order valence-corrected chi connectivity index (χ0v) is 18.8. The van der Waals surface area contributed by atoms with Crippen LogP contribution in [0.5, 0.6) is 0 Å². The molecule has 2 saturated heterocycles. The van der Waals surface area contributed by atoms with Gasteiger partial charge in [-0.25, -0.2) is 9.78 Å². The number of hydrogen-bond donors (Lipinski definition) is 1. The molecule has 0 radical (unpaired) electrons. The lowest BCUT2D eigenvalue weighted by Gasteiger charge is -2.33. The number of carbonyl (C=O) groups is 1. The van der Waals surface area contributed by atoms with Crippen LogP contribution in [-0.4, -0.2) is 48.7 Å². The van der Waals surface area contributed by atoms with Gasteiger partial charge >= 0.3 is 6.03 Å². The van der Waals surface area contributed by atoms with Crippen LogP contribution < -0.4 is 10.2 Å². The Kier molecular flexibility index (Phi) is 7.23. The van der Waals surface area contributed by atoms with Gasteiger partial charge in [-0.3, -0.25) is 0 Å². The van der Waals surface area contributed by atoms with Gasteiger partial charge in [0, 0.05) is 36.8 Å². The van der Waals surface area contributed by atoms with Crippen LogP contribution in [0.1, 0.15) is 42.9 Å². The first-order valence-electron chi connectivity index (χ1n) is 10.8. The van der Waals surface area contributed by atoms with Gasteiger partial charge in [-0.1, -0.05) is 47.0 Å². The number of morpholine rings is 1. The molecular formula is C23H29BrN4O2. The third-order valence-corrected chi connectivity index (χ3v) is 6.25. The predicted molar refractivity (Wildman–Crippen MR) is 122 cm³/mol. The molecule has 1 aromatic heterocycles. The average Bonchev–Trinajstić information content (AvgIpc) is 3.07. The van der Waals surface area contributed by atoms with Crippen molar-refractivity contribution in [1.82, 2.24) is 15.2 Å². The molecule has 3 heterocycles. The minimum Gasteiger partial charge on any atom is -0.370 e. The molecule has 0 bridgehead atoms. The molecule has 2 aliphatic rings. The van der Waals surface area contributed by atoms with Crippen LogP contribution in [0.4, 0.5) is 10.6 Å². The SMILES string of the molecule is O=C(NCc1ccc(N2CCCCCC2)nc1)N1CCOC(c2cccc(Br)c2)C1. The first-order valence-corrected chi connectivity index (χ1v) is 11.6. The number of rotatable bonds is 4. The first kappa shape index (κ1) is 21.1. The Balaban J connectivity index is 1.29. The molecule has 2 fully saturated rings. The molecule has 4 rings (SSSR count). The van der Waals surface area contributed by atoms with Gasteiger partial charge < -0.3 is 19.9 Å². The minimum absolute atomic E-state index is 0.0603. The number of nitrogens with zero attached hydrogens (tertiary/aromatic N) is 3. The van der Waals surface area contributed by atoms with E-state index in [9.17, 15) is 4.79 Å². The topological polar surface area (TPSA) is 57.7 Å². The molecule has 0 spiro atoms. The van der Waals surface area contributed by atoms with E-state index >= 15 is 0 Å². The average molecular weight is 473 g/mol. The number of hydrogen-bond acceptors (Lipinski definition) is 4. The lowest BCUT2D eigenvalue weighted by molar-refractivity contribution is -0.0155. The summed E-state index contributed by atoms with van der Waals surface area (Å²) in [4.78, 5) is 21.5. The lowest BCUT2D eigenvalue weighted by atomic mass is 10.1. The van der Waals surface area contributed by atoms with E-state index in [1.165, 1.54) is 25.7 Å². The molecule has 160 valence electrons. The Labute approximate surface area is 186 Å². The van der Waals surface area contributed by atoms with Gasteiger partial charge in [0.2, 0.25) is 0 Å². The van der Waals surface area contributed by atoms with Crippen LogP contribution in [0.25, 0.3) is 0 Å². The zero-order valence-electron chi connectivity index (χ0n) is 17.2. The second-order valence-corrected chi connectivity index (χ2v) is 8.86. The summed E-state index contributed by atoms with van der Waals surface area (Å²) in [6.07, 6.45) is 6.87. The number of carbonyl (C=O) groups excluding carboxylic acids is 1. The number of pyridine rings is 1. The fraction of sp³-hybridized carbons (Fsp3) is 0.478. The molecule has 0 saturated carbocycles. The fourth-order valence-electron chi connectivity index (χ4n) is 4.04. The molecule has 2 aromatic rings. The van der Waals surface area contributed by atoms with Gasteiger partial charge in [0.15, 0.2) is 0 Å². The maximum Gasteiger partial charge on any atom is 0.317 e. The van der Waals surface area contributed by atoms with Crippen molar-refractivity contribution in [2.75, 3.05) is 37.7 Å². The van der Waals surface area contributed by atoms with Crippen molar-refractivity contribution >= 4 is 27.8 Å². The highest BCUT2D eigenvalue weighted by Crippen LogP contribution is 2.25. The monoisotopic (exact) mass is 472 g/mol. The second kappa shape index (κ2) is 10.3. The van der Waals surface area contributed by atoms with Crippen LogP contribution in [0.15, 0.2) is 47.1 Å². The highest BCUT2D eigenvalue weighted by atomic mass is 79.9. The number of benzene rings is 1. The summed E-state index contributed by atoms with van der Waals surface area (Å²) in [5.74, 6) is 1.04. The highest BCUT2D eigenvalue weighted by Gasteiger charge is 2.25. The van der Waals surface area contributed by atoms with E-state index in [2.05, 4.69) is 43.3 Å². The first-order chi connectivity index (χ1) is 14.7. The predicted octanol–water partition coefficient (Wildman–Crippen LogP) is 4.51. The van der Waals surface area contributed by atoms with Gasteiger partial charge in [-0.15, -0.1) is 0 Å². The van der Waals surface area contributed by atoms with E-state index in [0.717, 1.165) is 34.5 Å². The van der Waals surface area contributed by atoms with Crippen molar-refractivity contribution < 1.29 is 9.53 Å². The molecule has 0 aliphatic carbocycles. The third kappa shape index (κ3) is 5.52. The largest absolute Gasteiger partial charge is 0.370 e. The normalized spacial score (nSPS) is 20.0. The maximum atomic E-state index is 12.7. The molecule has 1 atom stereocenters. The van der Waals surface area contributed by atoms with Crippen molar-refractivity contribution in [2.24, 2.45) is 0 Å². The van der Waals surface area contributed by atoms with E-state index in [0.29, 0.717) is 26.2 Å². The van der Waals surface area contributed by atoms with Crippen LogP contribution in [0.3, 0.4) is 0 Å². The number of halogens is 1. The Hall–Kier alpha value is -2.12. The van der Waals surface area contributed by atoms with Crippen LogP contribution in [0, 0.1) is 0 Å². The molecule has 1 N–H and O–H groups in total. The van der Waals surface area contributed by atoms with Crippen LogP contribution in [0.2, 0.25) is 0 Å². The van der Waals surface area contributed by atoms with E-state index in [4.69, 9.17) is 4.74 Å². The number of amides is 2. The lowest BCUT2D eigenvalue weighted by Crippen LogP contribution is -2.46. The van der Waals surface area contributed by atoms with E-state index in [1.807, 2.05) is 35.4 Å². The highest BCUT2D eigenvalue weighted by molar-refractivity contribution is 9.10. The molecular weight excluding hydrogens is 444 g/mol. The van der Waals surface area contributed by atoms with Crippen LogP contribution >= 0.6 is 15.9 Å². The van der Waals surface area contributed by atoms with E-state index in [1.54, 1.807) is 0 Å². The Morgan fingerprint density at radius 2 is 1.97 bits per heavy atom. The van der Waals surface area contributed by atoms with Crippen LogP contribution in [-0.2, 0) is 11.3 Å². The number of anilines is 1. The number of aromatic nitrogens is 1. The summed E-state index contributed by atoms with van der Waals surface area (Å²) in [5, 5.41) is 3.03. The smallest absolute Gasteiger partial charge is 0.317 e. The van der Waals surface area contributed by atoms with Crippen molar-refractivity contribution in [1.29, 1.82) is 0 Å². The summed E-state index contributed by atoms with van der Waals surface area (Å²) < 4.78 is 6.90. The summed E-state index contributed by atoms with van der Waals surface area (Å²) in [6, 6.07) is 12.1. The number of nitrogens with one attached hydrogen (secondary N) is 1. The molecule has 7 heteroatoms. The Morgan fingerprint density at radius 3 is 2.70 bits per heavy atom. The molecule has 1 unspecified atom stereocenters. The Morgan fingerprint density at radius 1 is 1.13 bits per heavy atom.